The summed E-state index contributed by atoms with van der Waals surface area (Å²) in [7, 11) is 0. The first kappa shape index (κ1) is 14.7. The Hall–Kier alpha value is -0.730. The summed E-state index contributed by atoms with van der Waals surface area (Å²) >= 11 is 0. The highest BCUT2D eigenvalue weighted by Gasteiger charge is 2.39. The van der Waals surface area contributed by atoms with Crippen molar-refractivity contribution in [1.82, 2.24) is 4.90 Å². The minimum Gasteiger partial charge on any atom is -0.444 e. The molecule has 2 aliphatic rings. The van der Waals surface area contributed by atoms with Crippen molar-refractivity contribution >= 4 is 6.09 Å². The van der Waals surface area contributed by atoms with E-state index in [0.717, 1.165) is 12.8 Å². The number of hydrogen-bond acceptors (Lipinski definition) is 2. The minimum absolute atomic E-state index is 0.100. The predicted octanol–water partition coefficient (Wildman–Crippen LogP) is 4.35. The van der Waals surface area contributed by atoms with Crippen molar-refractivity contribution in [1.29, 1.82) is 0 Å². The summed E-state index contributed by atoms with van der Waals surface area (Å²) in [6, 6.07) is 0.746. The standard InChI is InChI=1S/C16H29NO2/c1-12-8-7-11-14(13-9-5-6-10-13)17(12)15(18)19-16(2,3)4/h12-14H,5-11H2,1-4H3/t12-,14+/m1/s1. The maximum absolute atomic E-state index is 12.5. The second-order valence-electron chi connectivity index (χ2n) is 7.28. The van der Waals surface area contributed by atoms with Gasteiger partial charge in [-0.2, -0.15) is 0 Å². The fourth-order valence-electron chi connectivity index (χ4n) is 3.66. The molecule has 2 atom stereocenters. The summed E-state index contributed by atoms with van der Waals surface area (Å²) in [5.41, 5.74) is -0.394. The molecule has 2 fully saturated rings. The lowest BCUT2D eigenvalue weighted by Gasteiger charge is -2.43. The molecule has 0 aromatic heterocycles. The van der Waals surface area contributed by atoms with Crippen LogP contribution in [0.2, 0.25) is 0 Å². The SMILES string of the molecule is C[C@@H]1CCC[C@@H](C2CCCC2)N1C(=O)OC(C)(C)C. The third-order valence-electron chi connectivity index (χ3n) is 4.50. The molecule has 1 saturated heterocycles. The van der Waals surface area contributed by atoms with Gasteiger partial charge in [-0.05, 0) is 65.7 Å². The van der Waals surface area contributed by atoms with Crippen LogP contribution < -0.4 is 0 Å². The van der Waals surface area contributed by atoms with Crippen molar-refractivity contribution in [3.05, 3.63) is 0 Å². The zero-order valence-corrected chi connectivity index (χ0v) is 12.9. The zero-order chi connectivity index (χ0) is 14.0. The van der Waals surface area contributed by atoms with Gasteiger partial charge in [0, 0.05) is 12.1 Å². The van der Waals surface area contributed by atoms with Crippen molar-refractivity contribution in [2.45, 2.75) is 90.3 Å². The Morgan fingerprint density at radius 1 is 1.05 bits per heavy atom. The first-order valence-corrected chi connectivity index (χ1v) is 7.90. The van der Waals surface area contributed by atoms with E-state index in [1.165, 1.54) is 32.1 Å². The summed E-state index contributed by atoms with van der Waals surface area (Å²) in [4.78, 5) is 14.6. The Morgan fingerprint density at radius 2 is 1.68 bits per heavy atom. The van der Waals surface area contributed by atoms with Crippen molar-refractivity contribution in [2.24, 2.45) is 5.92 Å². The molecule has 0 aromatic carbocycles. The first-order valence-electron chi connectivity index (χ1n) is 7.90. The van der Waals surface area contributed by atoms with Crippen LogP contribution in [0.3, 0.4) is 0 Å². The van der Waals surface area contributed by atoms with Crippen LogP contribution in [0, 0.1) is 5.92 Å². The highest BCUT2D eigenvalue weighted by molar-refractivity contribution is 5.69. The minimum atomic E-state index is -0.394. The lowest BCUT2D eigenvalue weighted by molar-refractivity contribution is -0.0124. The molecule has 110 valence electrons. The quantitative estimate of drug-likeness (QED) is 0.706. The van der Waals surface area contributed by atoms with Crippen molar-refractivity contribution in [2.75, 3.05) is 0 Å². The monoisotopic (exact) mass is 267 g/mol. The number of amides is 1. The van der Waals surface area contributed by atoms with Gasteiger partial charge in [-0.25, -0.2) is 4.79 Å². The molecule has 0 aromatic rings. The molecule has 1 heterocycles. The number of hydrogen-bond donors (Lipinski definition) is 0. The highest BCUT2D eigenvalue weighted by Crippen LogP contribution is 2.37. The van der Waals surface area contributed by atoms with Crippen LogP contribution in [0.1, 0.15) is 72.6 Å². The van der Waals surface area contributed by atoms with Gasteiger partial charge in [0.15, 0.2) is 0 Å². The summed E-state index contributed by atoms with van der Waals surface area (Å²) < 4.78 is 5.62. The van der Waals surface area contributed by atoms with Gasteiger partial charge in [0.05, 0.1) is 0 Å². The summed E-state index contributed by atoms with van der Waals surface area (Å²) in [6.07, 6.45) is 8.66. The van der Waals surface area contributed by atoms with Crippen molar-refractivity contribution < 1.29 is 9.53 Å². The van der Waals surface area contributed by atoms with E-state index in [1.807, 2.05) is 20.8 Å². The van der Waals surface area contributed by atoms with E-state index in [4.69, 9.17) is 4.74 Å². The molecule has 1 amide bonds. The summed E-state index contributed by atoms with van der Waals surface area (Å²) in [6.45, 7) is 8.02. The zero-order valence-electron chi connectivity index (χ0n) is 12.9. The normalized spacial score (nSPS) is 29.6. The lowest BCUT2D eigenvalue weighted by atomic mass is 9.87. The number of ether oxygens (including phenoxy) is 1. The molecule has 1 saturated carbocycles. The first-order chi connectivity index (χ1) is 8.88. The molecule has 1 aliphatic carbocycles. The molecular formula is C16H29NO2. The summed E-state index contributed by atoms with van der Waals surface area (Å²) in [5, 5.41) is 0. The van der Waals surface area contributed by atoms with E-state index in [2.05, 4.69) is 11.8 Å². The van der Waals surface area contributed by atoms with Crippen molar-refractivity contribution in [3.8, 4) is 0 Å². The molecular weight excluding hydrogens is 238 g/mol. The Bertz CT molecular complexity index is 315. The van der Waals surface area contributed by atoms with Crippen LogP contribution in [-0.4, -0.2) is 28.7 Å². The van der Waals surface area contributed by atoms with Crippen molar-refractivity contribution in [3.63, 3.8) is 0 Å². The van der Waals surface area contributed by atoms with Crippen LogP contribution in [-0.2, 0) is 4.74 Å². The van der Waals surface area contributed by atoms with E-state index in [-0.39, 0.29) is 6.09 Å². The maximum atomic E-state index is 12.5. The number of carbonyl (C=O) groups is 1. The number of carbonyl (C=O) groups excluding carboxylic acids is 1. The molecule has 0 spiro atoms. The van der Waals surface area contributed by atoms with Gasteiger partial charge in [-0.1, -0.05) is 12.8 Å². The highest BCUT2D eigenvalue weighted by atomic mass is 16.6. The Morgan fingerprint density at radius 3 is 2.26 bits per heavy atom. The number of likely N-dealkylation sites (tertiary alicyclic amines) is 1. The third-order valence-corrected chi connectivity index (χ3v) is 4.50. The molecule has 2 rings (SSSR count). The average molecular weight is 267 g/mol. The maximum Gasteiger partial charge on any atom is 0.410 e. The van der Waals surface area contributed by atoms with Gasteiger partial charge >= 0.3 is 6.09 Å². The van der Waals surface area contributed by atoms with Gasteiger partial charge in [0.25, 0.3) is 0 Å². The van der Waals surface area contributed by atoms with Crippen LogP contribution in [0.4, 0.5) is 4.79 Å². The van der Waals surface area contributed by atoms with Gasteiger partial charge < -0.3 is 9.64 Å². The molecule has 0 N–H and O–H groups in total. The number of rotatable bonds is 1. The Kier molecular flexibility index (Phi) is 4.42. The fraction of sp³-hybridized carbons (Fsp3) is 0.938. The topological polar surface area (TPSA) is 29.5 Å². The molecule has 3 nitrogen and oxygen atoms in total. The molecule has 0 bridgehead atoms. The molecule has 1 aliphatic heterocycles. The smallest absolute Gasteiger partial charge is 0.410 e. The third kappa shape index (κ3) is 3.64. The van der Waals surface area contributed by atoms with Crippen LogP contribution in [0.5, 0.6) is 0 Å². The Balaban J connectivity index is 2.09. The molecule has 0 unspecified atom stereocenters. The van der Waals surface area contributed by atoms with Gasteiger partial charge in [0.2, 0.25) is 0 Å². The van der Waals surface area contributed by atoms with Gasteiger partial charge in [0.1, 0.15) is 5.60 Å². The van der Waals surface area contributed by atoms with E-state index in [1.54, 1.807) is 0 Å². The van der Waals surface area contributed by atoms with Gasteiger partial charge in [-0.15, -0.1) is 0 Å². The van der Waals surface area contributed by atoms with E-state index in [9.17, 15) is 4.79 Å². The van der Waals surface area contributed by atoms with Gasteiger partial charge in [-0.3, -0.25) is 0 Å². The molecule has 0 radical (unpaired) electrons. The second-order valence-corrected chi connectivity index (χ2v) is 7.28. The number of piperidine rings is 1. The predicted molar refractivity (Wildman–Crippen MR) is 77.1 cm³/mol. The van der Waals surface area contributed by atoms with E-state index in [0.29, 0.717) is 18.0 Å². The van der Waals surface area contributed by atoms with E-state index >= 15 is 0 Å². The molecule has 3 heteroatoms. The van der Waals surface area contributed by atoms with Crippen LogP contribution in [0.15, 0.2) is 0 Å². The Labute approximate surface area is 117 Å². The van der Waals surface area contributed by atoms with E-state index < -0.39 is 5.60 Å². The van der Waals surface area contributed by atoms with Crippen LogP contribution >= 0.6 is 0 Å². The number of nitrogens with zero attached hydrogens (tertiary/aromatic N) is 1. The fourth-order valence-corrected chi connectivity index (χ4v) is 3.66. The molecule has 19 heavy (non-hydrogen) atoms. The lowest BCUT2D eigenvalue weighted by Crippen LogP contribution is -2.53. The second kappa shape index (κ2) is 5.72. The summed E-state index contributed by atoms with van der Waals surface area (Å²) in [5.74, 6) is 0.704. The largest absolute Gasteiger partial charge is 0.444 e. The van der Waals surface area contributed by atoms with Crippen LogP contribution in [0.25, 0.3) is 0 Å². The average Bonchev–Trinajstić information content (AvgIpc) is 2.79.